The number of aromatic nitrogens is 1. The number of rotatable bonds is 3. The standard InChI is InChI=1S/C13H17F3N2O/c1-18(9-12(19)6-2-3-7-12)11-10(13(14,15)16)5-4-8-17-11/h4-5,8,19H,2-3,6-7,9H2,1H3. The van der Waals surface area contributed by atoms with Gasteiger partial charge in [0, 0.05) is 19.8 Å². The van der Waals surface area contributed by atoms with Crippen molar-refractivity contribution in [2.24, 2.45) is 0 Å². The largest absolute Gasteiger partial charge is 0.419 e. The van der Waals surface area contributed by atoms with Crippen LogP contribution in [0.15, 0.2) is 18.3 Å². The molecule has 1 aliphatic rings. The number of alkyl halides is 3. The Labute approximate surface area is 110 Å². The molecule has 1 aliphatic carbocycles. The lowest BCUT2D eigenvalue weighted by Gasteiger charge is -2.30. The molecule has 2 rings (SSSR count). The van der Waals surface area contributed by atoms with Gasteiger partial charge in [0.05, 0.1) is 11.2 Å². The summed E-state index contributed by atoms with van der Waals surface area (Å²) in [4.78, 5) is 5.21. The van der Waals surface area contributed by atoms with Crippen LogP contribution in [0, 0.1) is 0 Å². The van der Waals surface area contributed by atoms with Crippen LogP contribution >= 0.6 is 0 Å². The summed E-state index contributed by atoms with van der Waals surface area (Å²) in [6, 6.07) is 2.28. The van der Waals surface area contributed by atoms with Crippen LogP contribution in [-0.4, -0.2) is 29.3 Å². The van der Waals surface area contributed by atoms with Crippen LogP contribution in [0.25, 0.3) is 0 Å². The van der Waals surface area contributed by atoms with Gasteiger partial charge in [-0.3, -0.25) is 0 Å². The first-order valence-corrected chi connectivity index (χ1v) is 6.28. The van der Waals surface area contributed by atoms with Gasteiger partial charge in [-0.2, -0.15) is 13.2 Å². The molecular weight excluding hydrogens is 257 g/mol. The second kappa shape index (κ2) is 5.00. The number of hydrogen-bond donors (Lipinski definition) is 1. The summed E-state index contributed by atoms with van der Waals surface area (Å²) in [6.45, 7) is 0.174. The van der Waals surface area contributed by atoms with Crippen LogP contribution in [0.5, 0.6) is 0 Å². The van der Waals surface area contributed by atoms with E-state index >= 15 is 0 Å². The molecule has 0 aromatic carbocycles. The Morgan fingerprint density at radius 1 is 1.37 bits per heavy atom. The molecule has 3 nitrogen and oxygen atoms in total. The van der Waals surface area contributed by atoms with Crippen molar-refractivity contribution in [1.29, 1.82) is 0 Å². The lowest BCUT2D eigenvalue weighted by atomic mass is 10.0. The third-order valence-corrected chi connectivity index (χ3v) is 3.52. The zero-order valence-electron chi connectivity index (χ0n) is 10.7. The van der Waals surface area contributed by atoms with Gasteiger partial charge in [-0.05, 0) is 25.0 Å². The van der Waals surface area contributed by atoms with Crippen molar-refractivity contribution in [3.63, 3.8) is 0 Å². The average Bonchev–Trinajstić information content (AvgIpc) is 2.74. The predicted molar refractivity (Wildman–Crippen MR) is 65.9 cm³/mol. The molecule has 0 saturated heterocycles. The Hall–Kier alpha value is -1.30. The highest BCUT2D eigenvalue weighted by molar-refractivity contribution is 5.48. The molecule has 1 heterocycles. The first-order valence-electron chi connectivity index (χ1n) is 6.28. The molecule has 1 fully saturated rings. The normalized spacial score (nSPS) is 18.6. The molecule has 0 atom stereocenters. The molecule has 0 amide bonds. The maximum Gasteiger partial charge on any atom is 0.419 e. The first-order chi connectivity index (χ1) is 8.82. The molecule has 1 aromatic heterocycles. The van der Waals surface area contributed by atoms with Crippen molar-refractivity contribution in [3.8, 4) is 0 Å². The fourth-order valence-corrected chi connectivity index (χ4v) is 2.63. The molecule has 6 heteroatoms. The van der Waals surface area contributed by atoms with Gasteiger partial charge in [0.15, 0.2) is 0 Å². The fraction of sp³-hybridized carbons (Fsp3) is 0.615. The van der Waals surface area contributed by atoms with Gasteiger partial charge in [-0.15, -0.1) is 0 Å². The third-order valence-electron chi connectivity index (χ3n) is 3.52. The highest BCUT2D eigenvalue weighted by Gasteiger charge is 2.37. The maximum atomic E-state index is 12.9. The Bertz CT molecular complexity index is 442. The van der Waals surface area contributed by atoms with Crippen LogP contribution in [0.3, 0.4) is 0 Å². The van der Waals surface area contributed by atoms with E-state index in [-0.39, 0.29) is 12.4 Å². The minimum absolute atomic E-state index is 0.129. The zero-order chi connectivity index (χ0) is 14.1. The van der Waals surface area contributed by atoms with E-state index in [0.717, 1.165) is 18.9 Å². The Kier molecular flexibility index (Phi) is 3.71. The van der Waals surface area contributed by atoms with Gasteiger partial charge in [-0.25, -0.2) is 4.98 Å². The highest BCUT2D eigenvalue weighted by Crippen LogP contribution is 2.36. The van der Waals surface area contributed by atoms with Crippen LogP contribution in [0.1, 0.15) is 31.2 Å². The molecule has 0 bridgehead atoms. The molecule has 1 aromatic rings. The van der Waals surface area contributed by atoms with E-state index in [0.29, 0.717) is 12.8 Å². The number of pyridine rings is 1. The van der Waals surface area contributed by atoms with Crippen molar-refractivity contribution < 1.29 is 18.3 Å². The SMILES string of the molecule is CN(CC1(O)CCCC1)c1ncccc1C(F)(F)F. The molecule has 1 saturated carbocycles. The molecule has 0 aliphatic heterocycles. The van der Waals surface area contributed by atoms with E-state index in [9.17, 15) is 18.3 Å². The van der Waals surface area contributed by atoms with E-state index < -0.39 is 17.3 Å². The summed E-state index contributed by atoms with van der Waals surface area (Å²) >= 11 is 0. The Morgan fingerprint density at radius 3 is 2.58 bits per heavy atom. The van der Waals surface area contributed by atoms with Crippen LogP contribution in [0.2, 0.25) is 0 Å². The smallest absolute Gasteiger partial charge is 0.388 e. The number of likely N-dealkylation sites (N-methyl/N-ethyl adjacent to an activating group) is 1. The Morgan fingerprint density at radius 2 is 2.00 bits per heavy atom. The summed E-state index contributed by atoms with van der Waals surface area (Å²) in [7, 11) is 1.54. The molecule has 106 valence electrons. The molecule has 1 N–H and O–H groups in total. The molecule has 0 unspecified atom stereocenters. The summed E-state index contributed by atoms with van der Waals surface area (Å²) in [6.07, 6.45) is -0.00958. The predicted octanol–water partition coefficient (Wildman–Crippen LogP) is 2.84. The number of nitrogens with zero attached hydrogens (tertiary/aromatic N) is 2. The quantitative estimate of drug-likeness (QED) is 0.920. The lowest BCUT2D eigenvalue weighted by Crippen LogP contribution is -2.40. The Balaban J connectivity index is 2.22. The highest BCUT2D eigenvalue weighted by atomic mass is 19.4. The monoisotopic (exact) mass is 274 g/mol. The van der Waals surface area contributed by atoms with Gasteiger partial charge < -0.3 is 10.0 Å². The topological polar surface area (TPSA) is 36.4 Å². The van der Waals surface area contributed by atoms with Crippen LogP contribution < -0.4 is 4.90 Å². The van der Waals surface area contributed by atoms with Crippen molar-refractivity contribution in [3.05, 3.63) is 23.9 Å². The molecular formula is C13H17F3N2O. The molecule has 19 heavy (non-hydrogen) atoms. The van der Waals surface area contributed by atoms with E-state index in [2.05, 4.69) is 4.98 Å². The summed E-state index contributed by atoms with van der Waals surface area (Å²) in [5.41, 5.74) is -1.66. The van der Waals surface area contributed by atoms with E-state index in [4.69, 9.17) is 0 Å². The third kappa shape index (κ3) is 3.18. The minimum atomic E-state index is -4.43. The number of anilines is 1. The fourth-order valence-electron chi connectivity index (χ4n) is 2.63. The minimum Gasteiger partial charge on any atom is -0.388 e. The van der Waals surface area contributed by atoms with E-state index in [1.807, 2.05) is 0 Å². The van der Waals surface area contributed by atoms with Crippen LogP contribution in [-0.2, 0) is 6.18 Å². The second-order valence-electron chi connectivity index (χ2n) is 5.16. The average molecular weight is 274 g/mol. The first kappa shape index (κ1) is 14.1. The van der Waals surface area contributed by atoms with Gasteiger partial charge in [0.1, 0.15) is 5.82 Å². The summed E-state index contributed by atoms with van der Waals surface area (Å²) in [5, 5.41) is 10.3. The number of halogens is 3. The summed E-state index contributed by atoms with van der Waals surface area (Å²) < 4.78 is 38.7. The van der Waals surface area contributed by atoms with Crippen molar-refractivity contribution in [2.75, 3.05) is 18.5 Å². The van der Waals surface area contributed by atoms with Crippen LogP contribution in [0.4, 0.5) is 19.0 Å². The van der Waals surface area contributed by atoms with Gasteiger partial charge >= 0.3 is 6.18 Å². The maximum absolute atomic E-state index is 12.9. The van der Waals surface area contributed by atoms with Crippen molar-refractivity contribution in [2.45, 2.75) is 37.5 Å². The number of hydrogen-bond acceptors (Lipinski definition) is 3. The lowest BCUT2D eigenvalue weighted by molar-refractivity contribution is -0.137. The zero-order valence-corrected chi connectivity index (χ0v) is 10.7. The molecule has 0 spiro atoms. The van der Waals surface area contributed by atoms with Crippen molar-refractivity contribution >= 4 is 5.82 Å². The van der Waals surface area contributed by atoms with Gasteiger partial charge in [-0.1, -0.05) is 12.8 Å². The van der Waals surface area contributed by atoms with E-state index in [1.54, 1.807) is 0 Å². The second-order valence-corrected chi connectivity index (χ2v) is 5.16. The van der Waals surface area contributed by atoms with Gasteiger partial charge in [0.2, 0.25) is 0 Å². The van der Waals surface area contributed by atoms with Gasteiger partial charge in [0.25, 0.3) is 0 Å². The molecule has 0 radical (unpaired) electrons. The number of aliphatic hydroxyl groups is 1. The summed E-state index contributed by atoms with van der Waals surface area (Å²) in [5.74, 6) is -0.129. The van der Waals surface area contributed by atoms with E-state index in [1.165, 1.54) is 24.2 Å². The van der Waals surface area contributed by atoms with Crippen molar-refractivity contribution in [1.82, 2.24) is 4.98 Å².